The Morgan fingerprint density at radius 1 is 1.45 bits per heavy atom. The first-order chi connectivity index (χ1) is 9.56. The minimum atomic E-state index is -0.353. The van der Waals surface area contributed by atoms with Gasteiger partial charge in [-0.05, 0) is 42.9 Å². The molecule has 3 N–H and O–H groups in total. The molecule has 0 aliphatic heterocycles. The van der Waals surface area contributed by atoms with Crippen molar-refractivity contribution in [2.24, 2.45) is 17.6 Å². The third-order valence-electron chi connectivity index (χ3n) is 4.16. The Hall–Kier alpha value is -1.16. The summed E-state index contributed by atoms with van der Waals surface area (Å²) in [5, 5.41) is 3.29. The van der Waals surface area contributed by atoms with Gasteiger partial charge in [-0.15, -0.1) is 0 Å². The second-order valence-electron chi connectivity index (χ2n) is 5.91. The van der Waals surface area contributed by atoms with Crippen molar-refractivity contribution < 1.29 is 4.39 Å². The normalized spacial score (nSPS) is 22.5. The molecule has 0 amide bonds. The van der Waals surface area contributed by atoms with Crippen LogP contribution in [0.3, 0.4) is 0 Å². The SMILES string of the molecule is CC1CCCC(CCNc2ccc(C(N)=S)c(F)c2)C1. The predicted octanol–water partition coefficient (Wildman–Crippen LogP) is 4.09. The highest BCUT2D eigenvalue weighted by Gasteiger charge is 2.18. The number of hydrogen-bond acceptors (Lipinski definition) is 2. The van der Waals surface area contributed by atoms with Gasteiger partial charge in [0.15, 0.2) is 0 Å². The van der Waals surface area contributed by atoms with Gasteiger partial charge in [0.25, 0.3) is 0 Å². The molecular weight excluding hydrogens is 271 g/mol. The van der Waals surface area contributed by atoms with Gasteiger partial charge in [-0.3, -0.25) is 0 Å². The van der Waals surface area contributed by atoms with E-state index >= 15 is 0 Å². The molecule has 1 aliphatic rings. The summed E-state index contributed by atoms with van der Waals surface area (Å²) >= 11 is 4.79. The van der Waals surface area contributed by atoms with Crippen molar-refractivity contribution >= 4 is 22.9 Å². The number of anilines is 1. The zero-order valence-electron chi connectivity index (χ0n) is 12.0. The van der Waals surface area contributed by atoms with E-state index in [-0.39, 0.29) is 10.8 Å². The van der Waals surface area contributed by atoms with E-state index in [2.05, 4.69) is 12.2 Å². The molecular formula is C16H23FN2S. The topological polar surface area (TPSA) is 38.0 Å². The van der Waals surface area contributed by atoms with Gasteiger partial charge in [-0.2, -0.15) is 0 Å². The summed E-state index contributed by atoms with van der Waals surface area (Å²) < 4.78 is 13.7. The van der Waals surface area contributed by atoms with Crippen LogP contribution in [0.2, 0.25) is 0 Å². The van der Waals surface area contributed by atoms with E-state index in [4.69, 9.17) is 18.0 Å². The molecule has 2 nitrogen and oxygen atoms in total. The van der Waals surface area contributed by atoms with Crippen molar-refractivity contribution in [3.05, 3.63) is 29.6 Å². The standard InChI is InChI=1S/C16H23FN2S/c1-11-3-2-4-12(9-11)7-8-19-13-5-6-14(16(18)20)15(17)10-13/h5-6,10-12,19H,2-4,7-9H2,1H3,(H2,18,20). The highest BCUT2D eigenvalue weighted by molar-refractivity contribution is 7.80. The molecule has 2 atom stereocenters. The van der Waals surface area contributed by atoms with Gasteiger partial charge in [0, 0.05) is 17.8 Å². The fourth-order valence-corrected chi connectivity index (χ4v) is 3.23. The zero-order valence-corrected chi connectivity index (χ0v) is 12.8. The van der Waals surface area contributed by atoms with Crippen LogP contribution in [0.15, 0.2) is 18.2 Å². The van der Waals surface area contributed by atoms with Crippen molar-refractivity contribution in [3.63, 3.8) is 0 Å². The summed E-state index contributed by atoms with van der Waals surface area (Å²) in [6.07, 6.45) is 6.54. The van der Waals surface area contributed by atoms with Gasteiger partial charge in [-0.25, -0.2) is 4.39 Å². The molecule has 0 heterocycles. The summed E-state index contributed by atoms with van der Waals surface area (Å²) in [4.78, 5) is 0.102. The summed E-state index contributed by atoms with van der Waals surface area (Å²) in [5.41, 5.74) is 6.56. The fourth-order valence-electron chi connectivity index (χ4n) is 3.07. The largest absolute Gasteiger partial charge is 0.389 e. The van der Waals surface area contributed by atoms with Gasteiger partial charge >= 0.3 is 0 Å². The zero-order chi connectivity index (χ0) is 14.5. The Kier molecular flexibility index (Phi) is 5.35. The summed E-state index contributed by atoms with van der Waals surface area (Å²) in [6.45, 7) is 3.23. The van der Waals surface area contributed by atoms with Crippen molar-refractivity contribution in [1.29, 1.82) is 0 Å². The fraction of sp³-hybridized carbons (Fsp3) is 0.562. The molecule has 0 aromatic heterocycles. The Morgan fingerprint density at radius 2 is 2.25 bits per heavy atom. The molecule has 110 valence electrons. The molecule has 1 saturated carbocycles. The number of hydrogen-bond donors (Lipinski definition) is 2. The van der Waals surface area contributed by atoms with Crippen LogP contribution in [0.5, 0.6) is 0 Å². The number of benzene rings is 1. The Balaban J connectivity index is 1.82. The molecule has 1 aromatic rings. The quantitative estimate of drug-likeness (QED) is 0.803. The van der Waals surface area contributed by atoms with E-state index in [0.29, 0.717) is 5.56 Å². The first-order valence-corrected chi connectivity index (χ1v) is 7.80. The number of nitrogens with one attached hydrogen (secondary N) is 1. The lowest BCUT2D eigenvalue weighted by atomic mass is 9.81. The van der Waals surface area contributed by atoms with Crippen LogP contribution in [0.4, 0.5) is 10.1 Å². The summed E-state index contributed by atoms with van der Waals surface area (Å²) in [7, 11) is 0. The third kappa shape index (κ3) is 4.17. The lowest BCUT2D eigenvalue weighted by Gasteiger charge is -2.26. The second kappa shape index (κ2) is 7.02. The van der Waals surface area contributed by atoms with Gasteiger partial charge in [0.05, 0.1) is 0 Å². The van der Waals surface area contributed by atoms with Crippen molar-refractivity contribution in [3.8, 4) is 0 Å². The lowest BCUT2D eigenvalue weighted by Crippen LogP contribution is -2.17. The molecule has 1 aliphatic carbocycles. The maximum Gasteiger partial charge on any atom is 0.135 e. The highest BCUT2D eigenvalue weighted by atomic mass is 32.1. The van der Waals surface area contributed by atoms with Crippen LogP contribution in [0.25, 0.3) is 0 Å². The Labute approximate surface area is 125 Å². The van der Waals surface area contributed by atoms with E-state index < -0.39 is 0 Å². The summed E-state index contributed by atoms with van der Waals surface area (Å²) in [6, 6.07) is 4.95. The highest BCUT2D eigenvalue weighted by Crippen LogP contribution is 2.30. The summed E-state index contributed by atoms with van der Waals surface area (Å²) in [5.74, 6) is 1.32. The van der Waals surface area contributed by atoms with Crippen LogP contribution >= 0.6 is 12.2 Å². The van der Waals surface area contributed by atoms with Crippen molar-refractivity contribution in [2.45, 2.75) is 39.0 Å². The van der Waals surface area contributed by atoms with Crippen LogP contribution in [-0.4, -0.2) is 11.5 Å². The van der Waals surface area contributed by atoms with E-state index in [1.807, 2.05) is 6.07 Å². The van der Waals surface area contributed by atoms with Crippen LogP contribution < -0.4 is 11.1 Å². The molecule has 0 saturated heterocycles. The monoisotopic (exact) mass is 294 g/mol. The van der Waals surface area contributed by atoms with Crippen LogP contribution in [0, 0.1) is 17.7 Å². The number of nitrogens with two attached hydrogens (primary N) is 1. The Morgan fingerprint density at radius 3 is 2.90 bits per heavy atom. The second-order valence-corrected chi connectivity index (χ2v) is 6.35. The molecule has 1 aromatic carbocycles. The van der Waals surface area contributed by atoms with Gasteiger partial charge < -0.3 is 11.1 Å². The van der Waals surface area contributed by atoms with E-state index in [9.17, 15) is 4.39 Å². The molecule has 20 heavy (non-hydrogen) atoms. The van der Waals surface area contributed by atoms with Crippen LogP contribution in [-0.2, 0) is 0 Å². The van der Waals surface area contributed by atoms with Gasteiger partial charge in [-0.1, -0.05) is 38.4 Å². The number of thiocarbonyl (C=S) groups is 1. The average Bonchev–Trinajstić information content (AvgIpc) is 2.38. The number of rotatable bonds is 5. The van der Waals surface area contributed by atoms with E-state index in [1.165, 1.54) is 31.7 Å². The average molecular weight is 294 g/mol. The maximum atomic E-state index is 13.7. The Bertz CT molecular complexity index is 476. The molecule has 2 unspecified atom stereocenters. The van der Waals surface area contributed by atoms with Gasteiger partial charge in [0.1, 0.15) is 10.8 Å². The molecule has 0 bridgehead atoms. The first kappa shape index (κ1) is 15.2. The third-order valence-corrected chi connectivity index (χ3v) is 4.38. The lowest BCUT2D eigenvalue weighted by molar-refractivity contribution is 0.274. The maximum absolute atomic E-state index is 13.7. The van der Waals surface area contributed by atoms with Crippen molar-refractivity contribution in [2.75, 3.05) is 11.9 Å². The van der Waals surface area contributed by atoms with Crippen LogP contribution in [0.1, 0.15) is 44.6 Å². The predicted molar refractivity (Wildman–Crippen MR) is 86.5 cm³/mol. The first-order valence-electron chi connectivity index (χ1n) is 7.39. The molecule has 0 spiro atoms. The molecule has 4 heteroatoms. The van der Waals surface area contributed by atoms with Gasteiger partial charge in [0.2, 0.25) is 0 Å². The van der Waals surface area contributed by atoms with E-state index in [0.717, 1.165) is 30.5 Å². The minimum Gasteiger partial charge on any atom is -0.389 e. The van der Waals surface area contributed by atoms with E-state index in [1.54, 1.807) is 6.07 Å². The van der Waals surface area contributed by atoms with Crippen molar-refractivity contribution in [1.82, 2.24) is 0 Å². The molecule has 0 radical (unpaired) electrons. The smallest absolute Gasteiger partial charge is 0.135 e. The molecule has 2 rings (SSSR count). The molecule has 1 fully saturated rings. The number of halogens is 1. The minimum absolute atomic E-state index is 0.102.